The molecule has 0 atom stereocenters. The second-order valence-corrected chi connectivity index (χ2v) is 11.8. The maximum absolute atomic E-state index is 13.2. The Balaban J connectivity index is 1.35. The topological polar surface area (TPSA) is 143 Å². The van der Waals surface area contributed by atoms with E-state index in [-0.39, 0.29) is 30.7 Å². The third-order valence-electron chi connectivity index (χ3n) is 7.07. The van der Waals surface area contributed by atoms with Gasteiger partial charge in [0.25, 0.3) is 5.91 Å². The molecule has 45 heavy (non-hydrogen) atoms. The molecule has 14 heteroatoms. The van der Waals surface area contributed by atoms with Crippen molar-refractivity contribution in [3.63, 3.8) is 0 Å². The highest BCUT2D eigenvalue weighted by Crippen LogP contribution is 2.40. The van der Waals surface area contributed by atoms with Crippen LogP contribution in [0.1, 0.15) is 50.3 Å². The Hall–Kier alpha value is -4.56. The molecule has 0 unspecified atom stereocenters. The number of fused-ring (bicyclic) bond motifs is 1. The number of aromatic nitrogens is 3. The van der Waals surface area contributed by atoms with E-state index in [9.17, 15) is 14.4 Å². The highest BCUT2D eigenvalue weighted by Gasteiger charge is 2.28. The van der Waals surface area contributed by atoms with Crippen molar-refractivity contribution < 1.29 is 33.3 Å². The molecule has 2 amide bonds. The minimum Gasteiger partial charge on any atom is -0.495 e. The van der Waals surface area contributed by atoms with Crippen molar-refractivity contribution in [1.29, 1.82) is 0 Å². The number of hydrogen-bond donors (Lipinski definition) is 2. The zero-order valence-electron chi connectivity index (χ0n) is 25.3. The van der Waals surface area contributed by atoms with Crippen molar-refractivity contribution in [2.45, 2.75) is 37.9 Å². The minimum atomic E-state index is -0.421. The second-order valence-electron chi connectivity index (χ2n) is 9.78. The molecule has 0 bridgehead atoms. The van der Waals surface area contributed by atoms with Gasteiger partial charge in [0.1, 0.15) is 10.8 Å². The fraction of sp³-hybridized carbons (Fsp3) is 0.323. The van der Waals surface area contributed by atoms with Gasteiger partial charge in [-0.3, -0.25) is 14.2 Å². The van der Waals surface area contributed by atoms with E-state index in [0.29, 0.717) is 50.0 Å². The zero-order chi connectivity index (χ0) is 31.9. The zero-order valence-corrected chi connectivity index (χ0v) is 26.9. The van der Waals surface area contributed by atoms with Crippen molar-refractivity contribution in [1.82, 2.24) is 20.1 Å². The van der Waals surface area contributed by atoms with Gasteiger partial charge in [-0.15, -0.1) is 21.5 Å². The third-order valence-corrected chi connectivity index (χ3v) is 9.20. The van der Waals surface area contributed by atoms with E-state index in [1.807, 2.05) is 18.2 Å². The number of benzene rings is 2. The molecule has 12 nitrogen and oxygen atoms in total. The Morgan fingerprint density at radius 1 is 0.978 bits per heavy atom. The van der Waals surface area contributed by atoms with Crippen LogP contribution in [-0.2, 0) is 28.9 Å². The summed E-state index contributed by atoms with van der Waals surface area (Å²) in [5, 5.41) is 15.4. The maximum atomic E-state index is 13.2. The summed E-state index contributed by atoms with van der Waals surface area (Å²) in [5.74, 6) is 0.852. The van der Waals surface area contributed by atoms with Gasteiger partial charge >= 0.3 is 5.97 Å². The number of esters is 1. The molecular weight excluding hydrogens is 619 g/mol. The van der Waals surface area contributed by atoms with Crippen molar-refractivity contribution in [3.05, 3.63) is 69.9 Å². The lowest BCUT2D eigenvalue weighted by Gasteiger charge is -2.14. The molecule has 1 aliphatic rings. The number of nitrogens with zero attached hydrogens (tertiary/aromatic N) is 3. The lowest BCUT2D eigenvalue weighted by molar-refractivity contribution is -0.113. The van der Waals surface area contributed by atoms with Crippen molar-refractivity contribution in [3.8, 4) is 22.9 Å². The number of methoxy groups -OCH3 is 3. The number of nitrogens with one attached hydrogen (secondary N) is 2. The van der Waals surface area contributed by atoms with Crippen LogP contribution in [0.15, 0.2) is 47.6 Å². The molecule has 1 aliphatic carbocycles. The maximum Gasteiger partial charge on any atom is 0.341 e. The summed E-state index contributed by atoms with van der Waals surface area (Å²) < 4.78 is 23.2. The minimum absolute atomic E-state index is 0.00385. The van der Waals surface area contributed by atoms with Crippen LogP contribution in [0.5, 0.6) is 17.2 Å². The van der Waals surface area contributed by atoms with Crippen LogP contribution in [0.25, 0.3) is 5.69 Å². The lowest BCUT2D eigenvalue weighted by Crippen LogP contribution is -2.25. The van der Waals surface area contributed by atoms with E-state index < -0.39 is 5.97 Å². The van der Waals surface area contributed by atoms with Gasteiger partial charge < -0.3 is 29.6 Å². The lowest BCUT2D eigenvalue weighted by atomic mass is 10.1. The van der Waals surface area contributed by atoms with Gasteiger partial charge in [-0.25, -0.2) is 4.79 Å². The van der Waals surface area contributed by atoms with E-state index >= 15 is 0 Å². The molecule has 0 fully saturated rings. The Bertz CT molecular complexity index is 1720. The van der Waals surface area contributed by atoms with E-state index in [0.717, 1.165) is 29.7 Å². The van der Waals surface area contributed by atoms with Crippen LogP contribution >= 0.6 is 23.1 Å². The van der Waals surface area contributed by atoms with Gasteiger partial charge in [0.2, 0.25) is 5.91 Å². The number of thiophene rings is 1. The molecule has 0 aliphatic heterocycles. The molecule has 0 radical (unpaired) electrons. The summed E-state index contributed by atoms with van der Waals surface area (Å²) >= 11 is 2.60. The number of amides is 2. The Morgan fingerprint density at radius 3 is 2.51 bits per heavy atom. The largest absolute Gasteiger partial charge is 0.495 e. The fourth-order valence-corrected chi connectivity index (χ4v) is 7.07. The average molecular weight is 652 g/mol. The van der Waals surface area contributed by atoms with Gasteiger partial charge in [-0.05, 0) is 62.1 Å². The van der Waals surface area contributed by atoms with Crippen LogP contribution in [0.3, 0.4) is 0 Å². The van der Waals surface area contributed by atoms with E-state index in [1.54, 1.807) is 42.9 Å². The molecule has 2 heterocycles. The first-order chi connectivity index (χ1) is 21.9. The van der Waals surface area contributed by atoms with E-state index in [1.165, 1.54) is 37.3 Å². The average Bonchev–Trinajstić information content (AvgIpc) is 3.77. The number of ether oxygens (including phenoxy) is 4. The number of rotatable bonds is 13. The molecule has 0 saturated carbocycles. The number of thioether (sulfide) groups is 1. The first-order valence-corrected chi connectivity index (χ1v) is 16.0. The first kappa shape index (κ1) is 31.9. The van der Waals surface area contributed by atoms with Crippen LogP contribution < -0.4 is 24.8 Å². The molecule has 2 N–H and O–H groups in total. The molecule has 2 aromatic carbocycles. The highest BCUT2D eigenvalue weighted by molar-refractivity contribution is 7.99. The van der Waals surface area contributed by atoms with Crippen molar-refractivity contribution in [2.75, 3.05) is 39.0 Å². The van der Waals surface area contributed by atoms with Crippen LogP contribution in [0.4, 0.5) is 5.00 Å². The summed E-state index contributed by atoms with van der Waals surface area (Å²) in [6.07, 6.45) is 2.65. The Kier molecular flexibility index (Phi) is 10.2. The standard InChI is InChI=1S/C31H33N5O7S2/c1-5-43-30(39)27-19-9-8-12-24(19)45-29(27)33-26(37)17-44-31-35-34-25(36(31)20-10-6-7-11-21(20)40-2)16-32-28(38)18-13-14-22(41-3)23(15-18)42-4/h6-7,10-11,13-15H,5,8-9,12,16-17H2,1-4H3,(H,32,38)(H,33,37). The van der Waals surface area contributed by atoms with Crippen molar-refractivity contribution >= 4 is 45.9 Å². The van der Waals surface area contributed by atoms with E-state index in [2.05, 4.69) is 20.8 Å². The summed E-state index contributed by atoms with van der Waals surface area (Å²) in [6.45, 7) is 2.05. The Labute approximate surface area is 268 Å². The molecule has 0 saturated heterocycles. The molecule has 2 aromatic heterocycles. The third kappa shape index (κ3) is 6.91. The number of hydrogen-bond acceptors (Lipinski definition) is 11. The van der Waals surface area contributed by atoms with Gasteiger partial charge in [-0.1, -0.05) is 23.9 Å². The second kappa shape index (κ2) is 14.5. The predicted octanol–water partition coefficient (Wildman–Crippen LogP) is 4.68. The summed E-state index contributed by atoms with van der Waals surface area (Å²) in [7, 11) is 4.58. The summed E-state index contributed by atoms with van der Waals surface area (Å²) in [4.78, 5) is 40.0. The number of aryl methyl sites for hydroxylation is 1. The van der Waals surface area contributed by atoms with Crippen molar-refractivity contribution in [2.24, 2.45) is 0 Å². The molecule has 5 rings (SSSR count). The van der Waals surface area contributed by atoms with Gasteiger partial charge in [-0.2, -0.15) is 0 Å². The fourth-order valence-electron chi connectivity index (χ4n) is 5.01. The number of carbonyl (C=O) groups is 3. The molecule has 236 valence electrons. The van der Waals surface area contributed by atoms with Crippen LogP contribution in [0, 0.1) is 0 Å². The predicted molar refractivity (Wildman–Crippen MR) is 170 cm³/mol. The quantitative estimate of drug-likeness (QED) is 0.155. The van der Waals surface area contributed by atoms with Crippen LogP contribution in [0.2, 0.25) is 0 Å². The smallest absolute Gasteiger partial charge is 0.341 e. The normalized spacial score (nSPS) is 11.9. The van der Waals surface area contributed by atoms with Gasteiger partial charge in [0.05, 0.1) is 51.5 Å². The molecule has 0 spiro atoms. The van der Waals surface area contributed by atoms with E-state index in [4.69, 9.17) is 18.9 Å². The summed E-state index contributed by atoms with van der Waals surface area (Å²) in [6, 6.07) is 12.2. The van der Waals surface area contributed by atoms with Crippen LogP contribution in [-0.4, -0.2) is 66.2 Å². The highest BCUT2D eigenvalue weighted by atomic mass is 32.2. The summed E-state index contributed by atoms with van der Waals surface area (Å²) in [5.41, 5.74) is 2.45. The van der Waals surface area contributed by atoms with Gasteiger partial charge in [0, 0.05) is 10.4 Å². The SMILES string of the molecule is CCOC(=O)c1c(NC(=O)CSc2nnc(CNC(=O)c3ccc(OC)c(OC)c3)n2-c2ccccc2OC)sc2c1CCC2. The number of carbonyl (C=O) groups excluding carboxylic acids is 3. The first-order valence-electron chi connectivity index (χ1n) is 14.2. The molecular formula is C31H33N5O7S2. The molecule has 4 aromatic rings. The Morgan fingerprint density at radius 2 is 1.76 bits per heavy atom. The number of anilines is 1. The monoisotopic (exact) mass is 651 g/mol. The number of para-hydroxylation sites is 2. The van der Waals surface area contributed by atoms with Gasteiger partial charge in [0.15, 0.2) is 22.5 Å².